The molecule has 0 aliphatic carbocycles. The number of piperidine rings is 1. The summed E-state index contributed by atoms with van der Waals surface area (Å²) in [5, 5.41) is 8.28. The largest absolute Gasteiger partial charge is 0.357 e. The number of pyridine rings is 1. The first-order chi connectivity index (χ1) is 19.9. The van der Waals surface area contributed by atoms with E-state index in [9.17, 15) is 9.59 Å². The molecule has 10 heteroatoms. The summed E-state index contributed by atoms with van der Waals surface area (Å²) in [7, 11) is 0. The molecule has 216 valence electrons. The van der Waals surface area contributed by atoms with Crippen molar-refractivity contribution in [2.45, 2.75) is 76.7 Å². The van der Waals surface area contributed by atoms with Gasteiger partial charge in [0.2, 0.25) is 11.8 Å². The molecule has 3 aliphatic heterocycles. The molecule has 0 saturated carbocycles. The molecule has 2 unspecified atom stereocenters. The third-order valence-electron chi connectivity index (χ3n) is 8.53. The van der Waals surface area contributed by atoms with Crippen molar-refractivity contribution in [2.24, 2.45) is 0 Å². The second-order valence-corrected chi connectivity index (χ2v) is 11.8. The highest BCUT2D eigenvalue weighted by atomic mass is 35.5. The predicted octanol–water partition coefficient (Wildman–Crippen LogP) is 5.20. The van der Waals surface area contributed by atoms with Gasteiger partial charge in [0, 0.05) is 61.7 Å². The first-order valence-electron chi connectivity index (χ1n) is 14.7. The number of anilines is 1. The van der Waals surface area contributed by atoms with Crippen molar-refractivity contribution in [2.75, 3.05) is 25.0 Å². The van der Waals surface area contributed by atoms with E-state index in [4.69, 9.17) is 16.3 Å². The van der Waals surface area contributed by atoms with Crippen LogP contribution in [-0.2, 0) is 20.9 Å². The van der Waals surface area contributed by atoms with Crippen LogP contribution in [0.3, 0.4) is 0 Å². The average Bonchev–Trinajstić information content (AvgIpc) is 3.64. The van der Waals surface area contributed by atoms with Crippen LogP contribution >= 0.6 is 11.6 Å². The molecule has 6 rings (SSSR count). The third-order valence-corrected chi connectivity index (χ3v) is 8.96. The zero-order valence-electron chi connectivity index (χ0n) is 23.5. The van der Waals surface area contributed by atoms with Gasteiger partial charge in [0.1, 0.15) is 18.1 Å². The lowest BCUT2D eigenvalue weighted by Gasteiger charge is -2.39. The van der Waals surface area contributed by atoms with Crippen LogP contribution in [0.1, 0.15) is 62.3 Å². The maximum atomic E-state index is 13.4. The number of hydrogen-bond donors (Lipinski definition) is 1. The molecule has 5 heterocycles. The number of benzene rings is 1. The normalized spacial score (nSPS) is 22.3. The van der Waals surface area contributed by atoms with Gasteiger partial charge < -0.3 is 15.0 Å². The fourth-order valence-corrected chi connectivity index (χ4v) is 6.42. The Labute approximate surface area is 245 Å². The number of aromatic nitrogens is 3. The van der Waals surface area contributed by atoms with Gasteiger partial charge in [-0.15, -0.1) is 0 Å². The Morgan fingerprint density at radius 1 is 1.10 bits per heavy atom. The van der Waals surface area contributed by atoms with Crippen molar-refractivity contribution in [3.8, 4) is 11.1 Å². The minimum atomic E-state index is -0.477. The van der Waals surface area contributed by atoms with Gasteiger partial charge in [-0.25, -0.2) is 9.67 Å². The minimum absolute atomic E-state index is 0.0297. The maximum absolute atomic E-state index is 13.4. The molecule has 2 aromatic heterocycles. The molecular formula is C31H37ClN6O3. The number of rotatable bonds is 7. The van der Waals surface area contributed by atoms with E-state index in [1.54, 1.807) is 6.20 Å². The summed E-state index contributed by atoms with van der Waals surface area (Å²) in [6.07, 6.45) is 11.3. The molecule has 2 atom stereocenters. The zero-order chi connectivity index (χ0) is 28.3. The summed E-state index contributed by atoms with van der Waals surface area (Å²) in [5.41, 5.74) is 4.18. The van der Waals surface area contributed by atoms with E-state index < -0.39 is 6.04 Å². The Balaban J connectivity index is 1.07. The van der Waals surface area contributed by atoms with Crippen molar-refractivity contribution in [3.05, 3.63) is 65.1 Å². The second kappa shape index (κ2) is 12.3. The SMILES string of the molecule is Cc1cc(CN2CCC(N3C(=O)CCC3C(=O)Nc3cc(-c4cnn(C5CCCCO5)c4)ccn3)CC2)ccc1Cl. The molecule has 0 radical (unpaired) electrons. The number of hydrogen-bond acceptors (Lipinski definition) is 6. The second-order valence-electron chi connectivity index (χ2n) is 11.4. The van der Waals surface area contributed by atoms with Crippen LogP contribution in [0.2, 0.25) is 5.02 Å². The summed E-state index contributed by atoms with van der Waals surface area (Å²) < 4.78 is 7.72. The topological polar surface area (TPSA) is 92.6 Å². The van der Waals surface area contributed by atoms with Crippen LogP contribution in [0.5, 0.6) is 0 Å². The molecule has 1 N–H and O–H groups in total. The summed E-state index contributed by atoms with van der Waals surface area (Å²) in [4.78, 5) is 35.0. The van der Waals surface area contributed by atoms with Crippen LogP contribution in [0.15, 0.2) is 48.9 Å². The number of aryl methyl sites for hydroxylation is 1. The first-order valence-corrected chi connectivity index (χ1v) is 15.0. The number of ether oxygens (including phenoxy) is 1. The summed E-state index contributed by atoms with van der Waals surface area (Å²) in [6.45, 7) is 5.40. The smallest absolute Gasteiger partial charge is 0.248 e. The molecule has 0 spiro atoms. The average molecular weight is 577 g/mol. The standard InChI is InChI=1S/C31H37ClN6O3/c1-21-16-22(5-6-26(21)32)19-36-13-10-25(11-14-36)38-27(7-8-29(38)39)31(40)35-28-17-23(9-12-33-28)24-18-34-37(20-24)30-4-2-3-15-41-30/h5-6,9,12,16-18,20,25,27,30H,2-4,7-8,10-11,13-15,19H2,1H3,(H,33,35,40). The Kier molecular flexibility index (Phi) is 8.37. The Bertz CT molecular complexity index is 1400. The Hall–Kier alpha value is -3.27. The molecule has 3 saturated heterocycles. The van der Waals surface area contributed by atoms with Crippen molar-refractivity contribution in [1.82, 2.24) is 24.6 Å². The van der Waals surface area contributed by atoms with E-state index in [-0.39, 0.29) is 24.1 Å². The molecule has 1 aromatic carbocycles. The highest BCUT2D eigenvalue weighted by Gasteiger charge is 2.41. The van der Waals surface area contributed by atoms with Gasteiger partial charge in [-0.3, -0.25) is 14.5 Å². The van der Waals surface area contributed by atoms with Gasteiger partial charge in [0.15, 0.2) is 0 Å². The zero-order valence-corrected chi connectivity index (χ0v) is 24.2. The van der Waals surface area contributed by atoms with E-state index in [1.807, 2.05) is 47.1 Å². The first kappa shape index (κ1) is 27.9. The quantitative estimate of drug-likeness (QED) is 0.416. The molecule has 41 heavy (non-hydrogen) atoms. The van der Waals surface area contributed by atoms with Crippen molar-refractivity contribution in [3.63, 3.8) is 0 Å². The molecule has 3 aromatic rings. The van der Waals surface area contributed by atoms with E-state index in [1.165, 1.54) is 5.56 Å². The number of likely N-dealkylation sites (tertiary alicyclic amines) is 2. The lowest BCUT2D eigenvalue weighted by molar-refractivity contribution is -0.136. The van der Waals surface area contributed by atoms with Crippen LogP contribution in [-0.4, -0.2) is 68.2 Å². The van der Waals surface area contributed by atoms with Gasteiger partial charge in [-0.2, -0.15) is 5.10 Å². The fraction of sp³-hybridized carbons (Fsp3) is 0.484. The molecule has 9 nitrogen and oxygen atoms in total. The third kappa shape index (κ3) is 6.32. The number of halogens is 1. The predicted molar refractivity (Wildman–Crippen MR) is 157 cm³/mol. The highest BCUT2D eigenvalue weighted by Crippen LogP contribution is 2.30. The maximum Gasteiger partial charge on any atom is 0.248 e. The summed E-state index contributed by atoms with van der Waals surface area (Å²) in [5.74, 6) is 0.364. The molecular weight excluding hydrogens is 540 g/mol. The van der Waals surface area contributed by atoms with Gasteiger partial charge >= 0.3 is 0 Å². The number of amides is 2. The van der Waals surface area contributed by atoms with E-state index in [0.29, 0.717) is 18.7 Å². The van der Waals surface area contributed by atoms with Crippen molar-refractivity contribution in [1.29, 1.82) is 0 Å². The van der Waals surface area contributed by atoms with Crippen molar-refractivity contribution >= 4 is 29.2 Å². The molecule has 3 aliphatic rings. The molecule has 2 amide bonds. The summed E-state index contributed by atoms with van der Waals surface area (Å²) in [6, 6.07) is 9.52. The molecule has 0 bridgehead atoms. The highest BCUT2D eigenvalue weighted by molar-refractivity contribution is 6.31. The Morgan fingerprint density at radius 2 is 1.95 bits per heavy atom. The summed E-state index contributed by atoms with van der Waals surface area (Å²) >= 11 is 6.19. The van der Waals surface area contributed by atoms with Crippen LogP contribution in [0.25, 0.3) is 11.1 Å². The van der Waals surface area contributed by atoms with E-state index >= 15 is 0 Å². The fourth-order valence-electron chi connectivity index (χ4n) is 6.30. The number of carbonyl (C=O) groups excluding carboxylic acids is 2. The van der Waals surface area contributed by atoms with Crippen LogP contribution in [0.4, 0.5) is 5.82 Å². The lowest BCUT2D eigenvalue weighted by atomic mass is 10.0. The number of nitrogens with one attached hydrogen (secondary N) is 1. The lowest BCUT2D eigenvalue weighted by Crippen LogP contribution is -2.51. The number of nitrogens with zero attached hydrogens (tertiary/aromatic N) is 5. The van der Waals surface area contributed by atoms with E-state index in [2.05, 4.69) is 32.4 Å². The van der Waals surface area contributed by atoms with Gasteiger partial charge in [-0.05, 0) is 80.3 Å². The van der Waals surface area contributed by atoms with Crippen LogP contribution < -0.4 is 5.32 Å². The van der Waals surface area contributed by atoms with E-state index in [0.717, 1.165) is 80.1 Å². The minimum Gasteiger partial charge on any atom is -0.357 e. The van der Waals surface area contributed by atoms with Gasteiger partial charge in [-0.1, -0.05) is 23.7 Å². The Morgan fingerprint density at radius 3 is 2.73 bits per heavy atom. The van der Waals surface area contributed by atoms with Gasteiger partial charge in [0.25, 0.3) is 0 Å². The van der Waals surface area contributed by atoms with Crippen molar-refractivity contribution < 1.29 is 14.3 Å². The van der Waals surface area contributed by atoms with Crippen LogP contribution in [0, 0.1) is 6.92 Å². The number of carbonyl (C=O) groups is 2. The monoisotopic (exact) mass is 576 g/mol. The van der Waals surface area contributed by atoms with Gasteiger partial charge in [0.05, 0.1) is 6.20 Å². The molecule has 3 fully saturated rings.